The molecule has 0 spiro atoms. The maximum atomic E-state index is 17.7. The van der Waals surface area contributed by atoms with Crippen molar-refractivity contribution < 1.29 is 18.7 Å². The average Bonchev–Trinajstić information content (AvgIpc) is 3.77. The van der Waals surface area contributed by atoms with Gasteiger partial charge in [-0.15, -0.1) is 0 Å². The van der Waals surface area contributed by atoms with E-state index in [1.54, 1.807) is 23.4 Å². The summed E-state index contributed by atoms with van der Waals surface area (Å²) in [7, 11) is 4.12. The fourth-order valence-electron chi connectivity index (χ4n) is 8.65. The molecule has 8 rings (SSSR count). The number of carbonyl (C=O) groups excluding carboxylic acids is 1. The zero-order valence-corrected chi connectivity index (χ0v) is 34.5. The maximum absolute atomic E-state index is 17.7. The molecule has 0 bridgehead atoms. The number of hydrogen-bond donors (Lipinski definition) is 0. The van der Waals surface area contributed by atoms with E-state index in [4.69, 9.17) is 47.9 Å². The van der Waals surface area contributed by atoms with Gasteiger partial charge in [0.15, 0.2) is 12.0 Å². The molecule has 3 saturated heterocycles. The fourth-order valence-corrected chi connectivity index (χ4v) is 9.14. The van der Waals surface area contributed by atoms with Gasteiger partial charge >= 0.3 is 6.09 Å². The van der Waals surface area contributed by atoms with Gasteiger partial charge in [0.1, 0.15) is 16.9 Å². The zero-order valence-electron chi connectivity index (χ0n) is 33.0. The first kappa shape index (κ1) is 38.6. The van der Waals surface area contributed by atoms with Crippen LogP contribution >= 0.6 is 23.2 Å². The van der Waals surface area contributed by atoms with Crippen molar-refractivity contribution in [3.05, 3.63) is 46.0 Å². The van der Waals surface area contributed by atoms with Crippen LogP contribution in [0.15, 0.2) is 24.5 Å². The van der Waals surface area contributed by atoms with Crippen LogP contribution in [0.4, 0.5) is 15.0 Å². The first-order valence-electron chi connectivity index (χ1n) is 19.4. The van der Waals surface area contributed by atoms with Crippen molar-refractivity contribution in [2.75, 3.05) is 45.2 Å². The van der Waals surface area contributed by atoms with Crippen molar-refractivity contribution in [2.45, 2.75) is 103 Å². The molecule has 0 aliphatic carbocycles. The summed E-state index contributed by atoms with van der Waals surface area (Å²) in [5, 5.41) is 22.2. The third-order valence-corrected chi connectivity index (χ3v) is 12.6. The quantitative estimate of drug-likeness (QED) is 0.166. The standard InChI is InChI=1S/C41H48Cl2FN9O3/c1-23-29(42)18-31-27(19-47-53(31)32-10-8-9-15-55-32)33(23)34-30(43)17-26-36(35(34)44)48-38(50-21-41(5,22-50)49(6)7)28-20-46-52(37(26)28)25-12-14-51(24(16-25)11-13-45)39(54)56-40(2,3)4/h17-20,24-25,32H,8-12,14-16,21-22H2,1-7H3/t24-,25+,32?/m1/s1. The Kier molecular flexibility index (Phi) is 9.87. The molecular formula is C41H48Cl2FN9O3. The third kappa shape index (κ3) is 6.52. The maximum Gasteiger partial charge on any atom is 0.410 e. The highest BCUT2D eigenvalue weighted by Gasteiger charge is 2.43. The molecule has 56 heavy (non-hydrogen) atoms. The number of halogens is 3. The highest BCUT2D eigenvalue weighted by atomic mass is 35.5. The number of likely N-dealkylation sites (N-methyl/N-ethyl adjacent to an activating group) is 1. The number of nitrogens with zero attached hydrogens (tertiary/aromatic N) is 9. The van der Waals surface area contributed by atoms with Crippen LogP contribution in [0.3, 0.4) is 0 Å². The lowest BCUT2D eigenvalue weighted by Gasteiger charge is -2.52. The fraction of sp³-hybridized carbons (Fsp3) is 0.537. The Morgan fingerprint density at radius 1 is 1.07 bits per heavy atom. The summed E-state index contributed by atoms with van der Waals surface area (Å²) in [6, 6.07) is 5.33. The summed E-state index contributed by atoms with van der Waals surface area (Å²) in [4.78, 5) is 24.4. The first-order valence-corrected chi connectivity index (χ1v) is 20.1. The molecule has 1 unspecified atom stereocenters. The molecule has 0 N–H and O–H groups in total. The Morgan fingerprint density at radius 3 is 2.48 bits per heavy atom. The molecule has 15 heteroatoms. The molecule has 1 amide bonds. The minimum atomic E-state index is -0.674. The van der Waals surface area contributed by atoms with Crippen LogP contribution in [0, 0.1) is 24.1 Å². The number of likely N-dealkylation sites (tertiary alicyclic amines) is 1. The predicted octanol–water partition coefficient (Wildman–Crippen LogP) is 9.05. The molecule has 296 valence electrons. The second kappa shape index (κ2) is 14.3. The van der Waals surface area contributed by atoms with E-state index < -0.39 is 23.6 Å². The van der Waals surface area contributed by atoms with E-state index in [1.165, 1.54) is 0 Å². The number of fused-ring (bicyclic) bond motifs is 4. The van der Waals surface area contributed by atoms with E-state index in [1.807, 2.05) is 43.1 Å². The van der Waals surface area contributed by atoms with Gasteiger partial charge in [-0.05, 0) is 98.5 Å². The van der Waals surface area contributed by atoms with E-state index in [9.17, 15) is 10.1 Å². The van der Waals surface area contributed by atoms with Crippen LogP contribution in [0.2, 0.25) is 10.0 Å². The number of anilines is 1. The van der Waals surface area contributed by atoms with E-state index >= 15 is 4.39 Å². The van der Waals surface area contributed by atoms with Crippen molar-refractivity contribution >= 4 is 67.8 Å². The van der Waals surface area contributed by atoms with Gasteiger partial charge < -0.3 is 24.2 Å². The van der Waals surface area contributed by atoms with Gasteiger partial charge in [0.25, 0.3) is 0 Å². The summed E-state index contributed by atoms with van der Waals surface area (Å²) >= 11 is 14.1. The molecule has 0 saturated carbocycles. The van der Waals surface area contributed by atoms with Gasteiger partial charge in [0, 0.05) is 53.2 Å². The molecule has 6 heterocycles. The lowest BCUT2D eigenvalue weighted by molar-refractivity contribution is -0.0366. The summed E-state index contributed by atoms with van der Waals surface area (Å²) in [5.74, 6) is 0.0787. The molecule has 5 aromatic rings. The Balaban J connectivity index is 1.29. The summed E-state index contributed by atoms with van der Waals surface area (Å²) < 4.78 is 33.3. The molecular weight excluding hydrogens is 756 g/mol. The summed E-state index contributed by atoms with van der Waals surface area (Å²) in [5.41, 5.74) is 2.31. The van der Waals surface area contributed by atoms with E-state index in [0.717, 1.165) is 35.6 Å². The first-order chi connectivity index (χ1) is 26.6. The van der Waals surface area contributed by atoms with Crippen LogP contribution in [0.1, 0.15) is 84.1 Å². The van der Waals surface area contributed by atoms with Gasteiger partial charge in [-0.25, -0.2) is 18.9 Å². The zero-order chi connectivity index (χ0) is 39.8. The number of piperidine rings is 1. The second-order valence-corrected chi connectivity index (χ2v) is 17.9. The van der Waals surface area contributed by atoms with E-state index in [0.29, 0.717) is 72.0 Å². The van der Waals surface area contributed by atoms with Crippen LogP contribution in [-0.4, -0.2) is 98.0 Å². The monoisotopic (exact) mass is 803 g/mol. The van der Waals surface area contributed by atoms with Gasteiger partial charge in [0.2, 0.25) is 0 Å². The number of ether oxygens (including phenoxy) is 2. The number of hydrogen-bond acceptors (Lipinski definition) is 9. The number of rotatable bonds is 6. The average molecular weight is 805 g/mol. The predicted molar refractivity (Wildman–Crippen MR) is 217 cm³/mol. The number of carbonyl (C=O) groups is 1. The van der Waals surface area contributed by atoms with Crippen molar-refractivity contribution in [1.29, 1.82) is 5.26 Å². The van der Waals surface area contributed by atoms with E-state index in [-0.39, 0.29) is 40.3 Å². The van der Waals surface area contributed by atoms with Gasteiger partial charge in [-0.2, -0.15) is 15.5 Å². The molecule has 3 aromatic heterocycles. The largest absolute Gasteiger partial charge is 0.444 e. The highest BCUT2D eigenvalue weighted by Crippen LogP contribution is 2.47. The Labute approximate surface area is 336 Å². The lowest BCUT2D eigenvalue weighted by atomic mass is 9.90. The topological polar surface area (TPSA) is 118 Å². The van der Waals surface area contributed by atoms with Gasteiger partial charge in [0.05, 0.1) is 63.9 Å². The van der Waals surface area contributed by atoms with Crippen LogP contribution in [0.25, 0.3) is 43.8 Å². The highest BCUT2D eigenvalue weighted by molar-refractivity contribution is 6.36. The Bertz CT molecular complexity index is 2400. The van der Waals surface area contributed by atoms with Crippen LogP contribution in [-0.2, 0) is 9.47 Å². The van der Waals surface area contributed by atoms with Crippen molar-refractivity contribution in [3.8, 4) is 17.2 Å². The Morgan fingerprint density at radius 2 is 1.80 bits per heavy atom. The van der Waals surface area contributed by atoms with Crippen molar-refractivity contribution in [3.63, 3.8) is 0 Å². The Hall–Kier alpha value is -4.22. The lowest BCUT2D eigenvalue weighted by Crippen LogP contribution is -2.67. The molecule has 12 nitrogen and oxygen atoms in total. The molecule has 0 radical (unpaired) electrons. The SMILES string of the molecule is Cc1c(Cl)cc2c(cnn2C2CCCCO2)c1-c1c(Cl)cc2c(nc(N3CC(C)(N(C)C)C3)c3cnn([C@H]4CCN(C(=O)OC(C)(C)C)[C@H](CC#N)C4)c32)c1F. The minimum absolute atomic E-state index is 0.0899. The normalized spacial score (nSPS) is 21.6. The van der Waals surface area contributed by atoms with Gasteiger partial charge in [-0.1, -0.05) is 23.2 Å². The van der Waals surface area contributed by atoms with Gasteiger partial charge in [-0.3, -0.25) is 4.68 Å². The molecule has 3 aliphatic rings. The summed E-state index contributed by atoms with van der Waals surface area (Å²) in [6.07, 6.45) is 6.86. The second-order valence-electron chi connectivity index (χ2n) is 17.0. The van der Waals surface area contributed by atoms with Crippen LogP contribution in [0.5, 0.6) is 0 Å². The van der Waals surface area contributed by atoms with Crippen molar-refractivity contribution in [2.24, 2.45) is 0 Å². The molecule has 3 fully saturated rings. The minimum Gasteiger partial charge on any atom is -0.444 e. The summed E-state index contributed by atoms with van der Waals surface area (Å²) in [6.45, 7) is 12.0. The number of aromatic nitrogens is 5. The number of amides is 1. The number of nitriles is 1. The van der Waals surface area contributed by atoms with E-state index in [2.05, 4.69) is 36.9 Å². The number of benzene rings is 2. The smallest absolute Gasteiger partial charge is 0.410 e. The van der Waals surface area contributed by atoms with Crippen molar-refractivity contribution in [1.82, 2.24) is 34.3 Å². The molecule has 3 aliphatic heterocycles. The molecule has 3 atom stereocenters. The molecule has 2 aromatic carbocycles. The van der Waals surface area contributed by atoms with Crippen LogP contribution < -0.4 is 4.90 Å². The number of pyridine rings is 1. The third-order valence-electron chi connectivity index (χ3n) is 11.9.